The van der Waals surface area contributed by atoms with E-state index in [1.54, 1.807) is 36.0 Å². The number of rotatable bonds is 8. The van der Waals surface area contributed by atoms with Gasteiger partial charge in [-0.2, -0.15) is 0 Å². The van der Waals surface area contributed by atoms with Gasteiger partial charge in [-0.3, -0.25) is 0 Å². The standard InChI is InChI=1S/C26H22N4O2S/c1-17-15-23-25(28-24(29-26(23)33-17)21-12-14-32-16-21)27-13-2-3-18-4-6-19(7-5-18)20-8-10-22(30-31)11-9-20/h4-12,14-16H,2-3,13H2,1H3,(H,27,28,29). The molecule has 3 aromatic heterocycles. The molecule has 0 bridgehead atoms. The fraction of sp³-hybridized carbons (Fsp3) is 0.154. The third kappa shape index (κ3) is 4.68. The largest absolute Gasteiger partial charge is 0.472 e. The molecule has 6 nitrogen and oxygen atoms in total. The first-order chi connectivity index (χ1) is 16.2. The van der Waals surface area contributed by atoms with Crippen LogP contribution < -0.4 is 5.32 Å². The van der Waals surface area contributed by atoms with Gasteiger partial charge in [0.15, 0.2) is 5.82 Å². The van der Waals surface area contributed by atoms with Gasteiger partial charge in [0.05, 0.1) is 17.2 Å². The van der Waals surface area contributed by atoms with Gasteiger partial charge in [-0.25, -0.2) is 9.97 Å². The highest BCUT2D eigenvalue weighted by molar-refractivity contribution is 7.18. The van der Waals surface area contributed by atoms with Crippen molar-refractivity contribution in [2.75, 3.05) is 11.9 Å². The first-order valence-electron chi connectivity index (χ1n) is 10.8. The molecule has 0 unspecified atom stereocenters. The minimum Gasteiger partial charge on any atom is -0.472 e. The minimum absolute atomic E-state index is 0.443. The fourth-order valence-electron chi connectivity index (χ4n) is 3.78. The van der Waals surface area contributed by atoms with Crippen molar-refractivity contribution in [1.82, 2.24) is 9.97 Å². The Hall–Kier alpha value is -3.84. The van der Waals surface area contributed by atoms with Gasteiger partial charge < -0.3 is 9.73 Å². The molecule has 1 N–H and O–H groups in total. The molecule has 0 aliphatic heterocycles. The summed E-state index contributed by atoms with van der Waals surface area (Å²) in [6.07, 6.45) is 5.25. The molecule has 2 aromatic carbocycles. The third-order valence-corrected chi connectivity index (χ3v) is 6.43. The van der Waals surface area contributed by atoms with E-state index in [9.17, 15) is 4.91 Å². The average Bonchev–Trinajstić information content (AvgIpc) is 3.51. The number of nitroso groups, excluding NO2 is 1. The maximum atomic E-state index is 10.6. The molecule has 0 saturated carbocycles. The first-order valence-corrected chi connectivity index (χ1v) is 11.6. The normalized spacial score (nSPS) is 11.1. The van der Waals surface area contributed by atoms with E-state index >= 15 is 0 Å². The number of fused-ring (bicyclic) bond motifs is 1. The Balaban J connectivity index is 1.23. The smallest absolute Gasteiger partial charge is 0.166 e. The summed E-state index contributed by atoms with van der Waals surface area (Å²) in [6, 6.07) is 19.9. The number of furan rings is 1. The average molecular weight is 455 g/mol. The Morgan fingerprint density at radius 1 is 0.970 bits per heavy atom. The second kappa shape index (κ2) is 9.34. The molecule has 0 aliphatic rings. The third-order valence-electron chi connectivity index (χ3n) is 5.49. The maximum Gasteiger partial charge on any atom is 0.166 e. The summed E-state index contributed by atoms with van der Waals surface area (Å²) >= 11 is 1.67. The van der Waals surface area contributed by atoms with Gasteiger partial charge in [-0.15, -0.1) is 16.2 Å². The van der Waals surface area contributed by atoms with E-state index in [1.165, 1.54) is 10.4 Å². The van der Waals surface area contributed by atoms with Crippen LogP contribution in [0.4, 0.5) is 11.5 Å². The highest BCUT2D eigenvalue weighted by Gasteiger charge is 2.12. The molecule has 0 amide bonds. The molecular formula is C26H22N4O2S. The van der Waals surface area contributed by atoms with Gasteiger partial charge in [0.25, 0.3) is 0 Å². The van der Waals surface area contributed by atoms with E-state index in [-0.39, 0.29) is 0 Å². The van der Waals surface area contributed by atoms with Crippen LogP contribution in [0, 0.1) is 11.8 Å². The molecule has 7 heteroatoms. The number of aromatic nitrogens is 2. The van der Waals surface area contributed by atoms with Crippen LogP contribution in [0.15, 0.2) is 82.8 Å². The topological polar surface area (TPSA) is 80.4 Å². The highest BCUT2D eigenvalue weighted by atomic mass is 32.1. The zero-order chi connectivity index (χ0) is 22.6. The Morgan fingerprint density at radius 3 is 2.42 bits per heavy atom. The molecule has 164 valence electrons. The van der Waals surface area contributed by atoms with Gasteiger partial charge >= 0.3 is 0 Å². The first kappa shape index (κ1) is 21.0. The van der Waals surface area contributed by atoms with Crippen LogP contribution in [-0.4, -0.2) is 16.5 Å². The van der Waals surface area contributed by atoms with Crippen LogP contribution in [0.25, 0.3) is 32.7 Å². The van der Waals surface area contributed by atoms with Crippen LogP contribution in [0.5, 0.6) is 0 Å². The van der Waals surface area contributed by atoms with Crippen LogP contribution in [0.2, 0.25) is 0 Å². The summed E-state index contributed by atoms with van der Waals surface area (Å²) in [5.41, 5.74) is 4.80. The van der Waals surface area contributed by atoms with Crippen LogP contribution >= 0.6 is 11.3 Å². The molecule has 0 saturated heterocycles. The van der Waals surface area contributed by atoms with Crippen molar-refractivity contribution in [3.05, 3.63) is 88.5 Å². The highest BCUT2D eigenvalue weighted by Crippen LogP contribution is 2.31. The van der Waals surface area contributed by atoms with Crippen molar-refractivity contribution in [2.45, 2.75) is 19.8 Å². The molecule has 3 heterocycles. The minimum atomic E-state index is 0.443. The van der Waals surface area contributed by atoms with Gasteiger partial charge in [-0.05, 0) is 65.9 Å². The molecule has 0 fully saturated rings. The zero-order valence-corrected chi connectivity index (χ0v) is 18.9. The van der Waals surface area contributed by atoms with Crippen LogP contribution in [0.3, 0.4) is 0 Å². The lowest BCUT2D eigenvalue weighted by Gasteiger charge is -2.09. The summed E-state index contributed by atoms with van der Waals surface area (Å²) < 4.78 is 5.21. The molecule has 0 atom stereocenters. The van der Waals surface area contributed by atoms with Gasteiger partial charge in [0.2, 0.25) is 0 Å². The second-order valence-electron chi connectivity index (χ2n) is 7.85. The Bertz CT molecular complexity index is 1370. The van der Waals surface area contributed by atoms with E-state index in [0.717, 1.165) is 52.1 Å². The molecular weight excluding hydrogens is 432 g/mol. The Labute approximate surface area is 195 Å². The van der Waals surface area contributed by atoms with Crippen molar-refractivity contribution in [3.63, 3.8) is 0 Å². The zero-order valence-electron chi connectivity index (χ0n) is 18.1. The van der Waals surface area contributed by atoms with Gasteiger partial charge in [0, 0.05) is 11.4 Å². The second-order valence-corrected chi connectivity index (χ2v) is 9.08. The predicted molar refractivity (Wildman–Crippen MR) is 134 cm³/mol. The van der Waals surface area contributed by atoms with Crippen molar-refractivity contribution >= 4 is 33.1 Å². The summed E-state index contributed by atoms with van der Waals surface area (Å²) in [4.78, 5) is 22.2. The maximum absolute atomic E-state index is 10.6. The van der Waals surface area contributed by atoms with Gasteiger partial charge in [-0.1, -0.05) is 36.4 Å². The van der Waals surface area contributed by atoms with E-state index in [4.69, 9.17) is 14.4 Å². The molecule has 5 aromatic rings. The summed E-state index contributed by atoms with van der Waals surface area (Å²) in [6.45, 7) is 2.90. The van der Waals surface area contributed by atoms with Crippen LogP contribution in [-0.2, 0) is 6.42 Å². The summed E-state index contributed by atoms with van der Waals surface area (Å²) in [5, 5.41) is 7.52. The number of thiophene rings is 1. The Kier molecular flexibility index (Phi) is 5.95. The van der Waals surface area contributed by atoms with Crippen LogP contribution in [0.1, 0.15) is 16.9 Å². The van der Waals surface area contributed by atoms with Gasteiger partial charge in [0.1, 0.15) is 22.6 Å². The molecule has 33 heavy (non-hydrogen) atoms. The number of benzene rings is 2. The molecule has 0 spiro atoms. The number of anilines is 1. The Morgan fingerprint density at radius 2 is 1.73 bits per heavy atom. The van der Waals surface area contributed by atoms with Crippen molar-refractivity contribution in [2.24, 2.45) is 5.18 Å². The lowest BCUT2D eigenvalue weighted by molar-refractivity contribution is 0.568. The molecule has 0 radical (unpaired) electrons. The lowest BCUT2D eigenvalue weighted by Crippen LogP contribution is -2.06. The summed E-state index contributed by atoms with van der Waals surface area (Å²) in [7, 11) is 0. The van der Waals surface area contributed by atoms with E-state index < -0.39 is 0 Å². The number of hydrogen-bond donors (Lipinski definition) is 1. The van der Waals surface area contributed by atoms with Crippen molar-refractivity contribution in [3.8, 4) is 22.5 Å². The lowest BCUT2D eigenvalue weighted by atomic mass is 10.0. The number of nitrogens with zero attached hydrogens (tertiary/aromatic N) is 3. The number of aryl methyl sites for hydroxylation is 2. The summed E-state index contributed by atoms with van der Waals surface area (Å²) in [5.74, 6) is 1.54. The van der Waals surface area contributed by atoms with E-state index in [0.29, 0.717) is 11.5 Å². The predicted octanol–water partition coefficient (Wildman–Crippen LogP) is 7.37. The quantitative estimate of drug-likeness (QED) is 0.196. The molecule has 5 rings (SSSR count). The monoisotopic (exact) mass is 454 g/mol. The number of hydrogen-bond acceptors (Lipinski definition) is 7. The van der Waals surface area contributed by atoms with E-state index in [2.05, 4.69) is 47.7 Å². The number of nitrogens with one attached hydrogen (secondary N) is 1. The molecule has 0 aliphatic carbocycles. The SMILES string of the molecule is Cc1cc2c(NCCCc3ccc(-c4ccc(N=O)cc4)cc3)nc(-c3ccoc3)nc2s1. The van der Waals surface area contributed by atoms with Crippen molar-refractivity contribution < 1.29 is 4.42 Å². The fourth-order valence-corrected chi connectivity index (χ4v) is 4.65. The van der Waals surface area contributed by atoms with E-state index in [1.807, 2.05) is 18.2 Å². The van der Waals surface area contributed by atoms with Crippen molar-refractivity contribution in [1.29, 1.82) is 0 Å².